The number of hydrogen-bond donors (Lipinski definition) is 1. The van der Waals surface area contributed by atoms with Crippen molar-refractivity contribution in [2.45, 2.75) is 20.3 Å². The first-order valence-corrected chi connectivity index (χ1v) is 9.41. The molecule has 0 spiro atoms. The molecular formula is C20H22N6O4. The predicted molar refractivity (Wildman–Crippen MR) is 108 cm³/mol. The second-order valence-electron chi connectivity index (χ2n) is 7.71. The van der Waals surface area contributed by atoms with Gasteiger partial charge in [-0.2, -0.15) is 5.10 Å². The highest BCUT2D eigenvalue weighted by Gasteiger charge is 2.41. The Hall–Kier alpha value is -3.69. The van der Waals surface area contributed by atoms with Crippen LogP contribution in [0.25, 0.3) is 11.5 Å². The lowest BCUT2D eigenvalue weighted by Crippen LogP contribution is -2.32. The van der Waals surface area contributed by atoms with Crippen molar-refractivity contribution >= 4 is 23.3 Å². The maximum Gasteiger partial charge on any atom is 0.277 e. The standard InChI is InChI=1S/C20H22N6O4/c1-20(2)6-8-26(19(20)28)16-13(10-25(3)24-16)22-17(27)14-11-30-18(23-14)12-5-7-21-15(9-12)29-4/h5,7,9-11H,6,8H2,1-4H3,(H,22,27). The number of hydrogen-bond acceptors (Lipinski definition) is 7. The molecule has 0 bridgehead atoms. The monoisotopic (exact) mass is 410 g/mol. The van der Waals surface area contributed by atoms with E-state index in [1.165, 1.54) is 13.4 Å². The molecule has 0 saturated carbocycles. The normalized spacial score (nSPS) is 15.5. The number of nitrogens with zero attached hydrogens (tertiary/aromatic N) is 5. The highest BCUT2D eigenvalue weighted by atomic mass is 16.5. The SMILES string of the molecule is COc1cc(-c2nc(C(=O)Nc3cn(C)nc3N3CCC(C)(C)C3=O)co2)ccn1. The Morgan fingerprint density at radius 1 is 1.37 bits per heavy atom. The fourth-order valence-corrected chi connectivity index (χ4v) is 3.28. The molecule has 156 valence electrons. The molecule has 1 aliphatic heterocycles. The Morgan fingerprint density at radius 2 is 2.17 bits per heavy atom. The second-order valence-corrected chi connectivity index (χ2v) is 7.71. The van der Waals surface area contributed by atoms with Crippen molar-refractivity contribution in [1.29, 1.82) is 0 Å². The van der Waals surface area contributed by atoms with Crippen LogP contribution in [-0.2, 0) is 11.8 Å². The quantitative estimate of drug-likeness (QED) is 0.687. The molecule has 0 atom stereocenters. The molecule has 10 heteroatoms. The number of methoxy groups -OCH3 is 1. The summed E-state index contributed by atoms with van der Waals surface area (Å²) in [6, 6.07) is 3.36. The van der Waals surface area contributed by atoms with Gasteiger partial charge in [-0.15, -0.1) is 0 Å². The lowest BCUT2D eigenvalue weighted by atomic mass is 9.92. The number of pyridine rings is 1. The molecule has 1 saturated heterocycles. The van der Waals surface area contributed by atoms with E-state index < -0.39 is 11.3 Å². The maximum absolute atomic E-state index is 12.8. The predicted octanol–water partition coefficient (Wildman–Crippen LogP) is 2.49. The third kappa shape index (κ3) is 3.51. The first-order valence-electron chi connectivity index (χ1n) is 9.41. The summed E-state index contributed by atoms with van der Waals surface area (Å²) in [5, 5.41) is 7.15. The van der Waals surface area contributed by atoms with Crippen LogP contribution < -0.4 is 15.0 Å². The summed E-state index contributed by atoms with van der Waals surface area (Å²) in [6.07, 6.45) is 5.21. The van der Waals surface area contributed by atoms with Crippen LogP contribution in [0.3, 0.4) is 0 Å². The van der Waals surface area contributed by atoms with E-state index in [-0.39, 0.29) is 17.5 Å². The number of ether oxygens (including phenoxy) is 1. The molecule has 4 rings (SSSR count). The minimum atomic E-state index is -0.467. The van der Waals surface area contributed by atoms with Crippen molar-refractivity contribution in [2.75, 3.05) is 23.9 Å². The fourth-order valence-electron chi connectivity index (χ4n) is 3.28. The van der Waals surface area contributed by atoms with Crippen LogP contribution in [0, 0.1) is 5.41 Å². The summed E-state index contributed by atoms with van der Waals surface area (Å²) < 4.78 is 12.1. The van der Waals surface area contributed by atoms with E-state index >= 15 is 0 Å². The third-order valence-electron chi connectivity index (χ3n) is 5.03. The lowest BCUT2D eigenvalue weighted by Gasteiger charge is -2.18. The van der Waals surface area contributed by atoms with Gasteiger partial charge in [-0.3, -0.25) is 19.2 Å². The molecule has 0 aromatic carbocycles. The van der Waals surface area contributed by atoms with Crippen molar-refractivity contribution in [3.05, 3.63) is 36.5 Å². The molecule has 1 aliphatic rings. The van der Waals surface area contributed by atoms with Gasteiger partial charge in [-0.25, -0.2) is 9.97 Å². The zero-order valence-electron chi connectivity index (χ0n) is 17.2. The molecule has 0 aliphatic carbocycles. The summed E-state index contributed by atoms with van der Waals surface area (Å²) in [5.74, 6) is 0.612. The summed E-state index contributed by atoms with van der Waals surface area (Å²) in [7, 11) is 3.24. The van der Waals surface area contributed by atoms with Gasteiger partial charge in [0.25, 0.3) is 5.91 Å². The fraction of sp³-hybridized carbons (Fsp3) is 0.350. The average molecular weight is 410 g/mol. The number of amides is 2. The van der Waals surface area contributed by atoms with E-state index in [9.17, 15) is 9.59 Å². The minimum Gasteiger partial charge on any atom is -0.481 e. The van der Waals surface area contributed by atoms with E-state index in [0.29, 0.717) is 29.5 Å². The molecule has 4 heterocycles. The number of rotatable bonds is 5. The van der Waals surface area contributed by atoms with Gasteiger partial charge in [0, 0.05) is 36.8 Å². The van der Waals surface area contributed by atoms with E-state index in [2.05, 4.69) is 20.4 Å². The van der Waals surface area contributed by atoms with Gasteiger partial charge < -0.3 is 14.5 Å². The lowest BCUT2D eigenvalue weighted by molar-refractivity contribution is -0.124. The van der Waals surface area contributed by atoms with E-state index in [1.807, 2.05) is 13.8 Å². The van der Waals surface area contributed by atoms with Crippen LogP contribution in [-0.4, -0.2) is 45.2 Å². The molecule has 1 N–H and O–H groups in total. The first-order chi connectivity index (χ1) is 14.3. The van der Waals surface area contributed by atoms with Crippen LogP contribution >= 0.6 is 0 Å². The van der Waals surface area contributed by atoms with Gasteiger partial charge in [-0.1, -0.05) is 13.8 Å². The third-order valence-corrected chi connectivity index (χ3v) is 5.03. The number of nitrogens with one attached hydrogen (secondary N) is 1. The molecular weight excluding hydrogens is 388 g/mol. The van der Waals surface area contributed by atoms with Crippen LogP contribution in [0.5, 0.6) is 5.88 Å². The van der Waals surface area contributed by atoms with E-state index in [0.717, 1.165) is 6.42 Å². The zero-order chi connectivity index (χ0) is 21.5. The summed E-state index contributed by atoms with van der Waals surface area (Å²) in [6.45, 7) is 4.35. The number of carbonyl (C=O) groups is 2. The summed E-state index contributed by atoms with van der Waals surface area (Å²) >= 11 is 0. The highest BCUT2D eigenvalue weighted by molar-refractivity contribution is 6.07. The molecule has 3 aromatic heterocycles. The van der Waals surface area contributed by atoms with E-state index in [1.54, 1.807) is 41.2 Å². The Bertz CT molecular complexity index is 1120. The molecule has 1 fully saturated rings. The topological polar surface area (TPSA) is 115 Å². The number of aryl methyl sites for hydroxylation is 1. The molecule has 3 aromatic rings. The van der Waals surface area contributed by atoms with Crippen molar-refractivity contribution in [1.82, 2.24) is 19.7 Å². The van der Waals surface area contributed by atoms with Gasteiger partial charge in [0.2, 0.25) is 17.7 Å². The maximum atomic E-state index is 12.8. The van der Waals surface area contributed by atoms with Gasteiger partial charge >= 0.3 is 0 Å². The summed E-state index contributed by atoms with van der Waals surface area (Å²) in [5.41, 5.74) is 0.714. The zero-order valence-corrected chi connectivity index (χ0v) is 17.2. The van der Waals surface area contributed by atoms with Crippen LogP contribution in [0.1, 0.15) is 30.8 Å². The van der Waals surface area contributed by atoms with Crippen molar-refractivity contribution in [3.8, 4) is 17.3 Å². The minimum absolute atomic E-state index is 0.0212. The number of aromatic nitrogens is 4. The van der Waals surface area contributed by atoms with Crippen molar-refractivity contribution in [2.24, 2.45) is 12.5 Å². The first kappa shape index (κ1) is 19.6. The molecule has 2 amide bonds. The van der Waals surface area contributed by atoms with Crippen LogP contribution in [0.2, 0.25) is 0 Å². The second kappa shape index (κ2) is 7.29. The number of anilines is 2. The van der Waals surface area contributed by atoms with Crippen LogP contribution in [0.15, 0.2) is 35.2 Å². The smallest absolute Gasteiger partial charge is 0.277 e. The Balaban J connectivity index is 1.56. The largest absolute Gasteiger partial charge is 0.481 e. The molecule has 0 unspecified atom stereocenters. The van der Waals surface area contributed by atoms with Gasteiger partial charge in [0.05, 0.1) is 13.3 Å². The average Bonchev–Trinajstić information content (AvgIpc) is 3.41. The highest BCUT2D eigenvalue weighted by Crippen LogP contribution is 2.36. The van der Waals surface area contributed by atoms with Gasteiger partial charge in [-0.05, 0) is 12.5 Å². The summed E-state index contributed by atoms with van der Waals surface area (Å²) in [4.78, 5) is 35.3. The molecule has 0 radical (unpaired) electrons. The van der Waals surface area contributed by atoms with Crippen molar-refractivity contribution < 1.29 is 18.7 Å². The number of carbonyl (C=O) groups excluding carboxylic acids is 2. The molecule has 30 heavy (non-hydrogen) atoms. The van der Waals surface area contributed by atoms with E-state index in [4.69, 9.17) is 9.15 Å². The van der Waals surface area contributed by atoms with Gasteiger partial charge in [0.1, 0.15) is 12.0 Å². The van der Waals surface area contributed by atoms with Crippen LogP contribution in [0.4, 0.5) is 11.5 Å². The number of oxazole rings is 1. The Labute approximate surface area is 172 Å². The Morgan fingerprint density at radius 3 is 2.87 bits per heavy atom. The Kier molecular flexibility index (Phi) is 4.76. The molecule has 10 nitrogen and oxygen atoms in total. The van der Waals surface area contributed by atoms with Crippen molar-refractivity contribution in [3.63, 3.8) is 0 Å². The van der Waals surface area contributed by atoms with Gasteiger partial charge in [0.15, 0.2) is 11.5 Å².